The Kier molecular flexibility index (Phi) is 4.18. The molecule has 1 aromatic carbocycles. The highest BCUT2D eigenvalue weighted by atomic mass is 16.7. The number of benzene rings is 1. The number of nitrogens with zero attached hydrogens (tertiary/aromatic N) is 1. The highest BCUT2D eigenvalue weighted by molar-refractivity contribution is 5.88. The Labute approximate surface area is 131 Å². The molecule has 3 rings (SSSR count). The molecule has 0 unspecified atom stereocenters. The van der Waals surface area contributed by atoms with Crippen LogP contribution < -0.4 is 9.47 Å². The van der Waals surface area contributed by atoms with E-state index < -0.39 is 0 Å². The first-order valence-electron chi connectivity index (χ1n) is 7.72. The lowest BCUT2D eigenvalue weighted by atomic mass is 10.2. The number of ether oxygens (including phenoxy) is 2. The Balaban J connectivity index is 1.60. The molecule has 1 amide bonds. The quantitative estimate of drug-likeness (QED) is 0.634. The van der Waals surface area contributed by atoms with E-state index in [1.165, 1.54) is 0 Å². The lowest BCUT2D eigenvalue weighted by Crippen LogP contribution is -2.37. The van der Waals surface area contributed by atoms with E-state index >= 15 is 0 Å². The number of hydrogen-bond acceptors (Lipinski definition) is 3. The first kappa shape index (κ1) is 14.7. The number of likely N-dealkylation sites (tertiary alicyclic amines) is 1. The average Bonchev–Trinajstić information content (AvgIpc) is 3.09. The Hall–Kier alpha value is -2.23. The van der Waals surface area contributed by atoms with Crippen LogP contribution in [0.4, 0.5) is 0 Å². The van der Waals surface area contributed by atoms with E-state index in [1.54, 1.807) is 12.2 Å². The van der Waals surface area contributed by atoms with Crippen LogP contribution in [0.1, 0.15) is 32.3 Å². The van der Waals surface area contributed by atoms with E-state index in [9.17, 15) is 4.79 Å². The van der Waals surface area contributed by atoms with Gasteiger partial charge < -0.3 is 14.4 Å². The molecule has 0 aliphatic carbocycles. The highest BCUT2D eigenvalue weighted by Gasteiger charge is 2.29. The van der Waals surface area contributed by atoms with Crippen molar-refractivity contribution >= 4 is 12.0 Å². The van der Waals surface area contributed by atoms with E-state index in [1.807, 2.05) is 35.3 Å². The molecule has 22 heavy (non-hydrogen) atoms. The molecule has 2 atom stereocenters. The standard InChI is InChI=1S/C18H21NO3/c1-13-7-8-14(2)19(13)18(20)6-4-3-5-15-9-10-16-17(11-15)22-12-21-16/h3-6,9-11,13-14H,7-8,12H2,1-2H3/t13-,14+. The maximum atomic E-state index is 12.2. The predicted molar refractivity (Wildman–Crippen MR) is 85.7 cm³/mol. The first-order chi connectivity index (χ1) is 10.6. The Bertz CT molecular complexity index is 611. The normalized spacial score (nSPS) is 23.8. The molecule has 2 aliphatic heterocycles. The number of carbonyl (C=O) groups is 1. The number of allylic oxidation sites excluding steroid dienone is 2. The minimum absolute atomic E-state index is 0.0906. The summed E-state index contributed by atoms with van der Waals surface area (Å²) in [6.45, 7) is 4.50. The SMILES string of the molecule is C[C@@H]1CC[C@H](C)N1C(=O)C=CC=Cc1ccc2c(c1)OCO2. The van der Waals surface area contributed by atoms with Crippen molar-refractivity contribution < 1.29 is 14.3 Å². The minimum Gasteiger partial charge on any atom is -0.454 e. The van der Waals surface area contributed by atoms with Crippen LogP contribution in [0.5, 0.6) is 11.5 Å². The van der Waals surface area contributed by atoms with Crippen molar-refractivity contribution in [1.82, 2.24) is 4.90 Å². The largest absolute Gasteiger partial charge is 0.454 e. The third-order valence-electron chi connectivity index (χ3n) is 4.24. The van der Waals surface area contributed by atoms with Crippen molar-refractivity contribution in [1.29, 1.82) is 0 Å². The van der Waals surface area contributed by atoms with Gasteiger partial charge in [0.05, 0.1) is 0 Å². The molecule has 0 saturated carbocycles. The van der Waals surface area contributed by atoms with Crippen LogP contribution in [0, 0.1) is 0 Å². The van der Waals surface area contributed by atoms with E-state index in [-0.39, 0.29) is 12.7 Å². The summed E-state index contributed by atoms with van der Waals surface area (Å²) in [7, 11) is 0. The highest BCUT2D eigenvalue weighted by Crippen LogP contribution is 2.32. The Morgan fingerprint density at radius 3 is 2.64 bits per heavy atom. The van der Waals surface area contributed by atoms with Crippen molar-refractivity contribution in [3.8, 4) is 11.5 Å². The summed E-state index contributed by atoms with van der Waals surface area (Å²) in [5.41, 5.74) is 1.02. The molecule has 4 nitrogen and oxygen atoms in total. The molecular weight excluding hydrogens is 278 g/mol. The van der Waals surface area contributed by atoms with E-state index in [4.69, 9.17) is 9.47 Å². The molecule has 2 aliphatic rings. The third-order valence-corrected chi connectivity index (χ3v) is 4.24. The lowest BCUT2D eigenvalue weighted by molar-refractivity contribution is -0.128. The molecule has 4 heteroatoms. The van der Waals surface area contributed by atoms with Gasteiger partial charge in [-0.25, -0.2) is 0 Å². The van der Waals surface area contributed by atoms with Gasteiger partial charge in [0.15, 0.2) is 11.5 Å². The molecule has 0 bridgehead atoms. The maximum Gasteiger partial charge on any atom is 0.247 e. The molecule has 2 heterocycles. The second kappa shape index (κ2) is 6.26. The number of hydrogen-bond donors (Lipinski definition) is 0. The van der Waals surface area contributed by atoms with E-state index in [0.29, 0.717) is 12.1 Å². The summed E-state index contributed by atoms with van der Waals surface area (Å²) >= 11 is 0. The zero-order valence-electron chi connectivity index (χ0n) is 13.0. The van der Waals surface area contributed by atoms with E-state index in [2.05, 4.69) is 13.8 Å². The van der Waals surface area contributed by atoms with Crippen molar-refractivity contribution in [2.45, 2.75) is 38.8 Å². The molecule has 0 N–H and O–H groups in total. The summed E-state index contributed by atoms with van der Waals surface area (Å²) in [4.78, 5) is 14.2. The smallest absolute Gasteiger partial charge is 0.247 e. The molecular formula is C18H21NO3. The van der Waals surface area contributed by atoms with Crippen LogP contribution in [-0.2, 0) is 4.79 Å². The zero-order valence-corrected chi connectivity index (χ0v) is 13.0. The maximum absolute atomic E-state index is 12.2. The lowest BCUT2D eigenvalue weighted by Gasteiger charge is -2.24. The minimum atomic E-state index is 0.0906. The fourth-order valence-corrected chi connectivity index (χ4v) is 3.04. The van der Waals surface area contributed by atoms with Gasteiger partial charge in [0, 0.05) is 18.2 Å². The van der Waals surface area contributed by atoms with Crippen molar-refractivity contribution in [2.24, 2.45) is 0 Å². The van der Waals surface area contributed by atoms with Gasteiger partial charge in [-0.05, 0) is 44.4 Å². The van der Waals surface area contributed by atoms with Crippen LogP contribution in [0.2, 0.25) is 0 Å². The summed E-state index contributed by atoms with van der Waals surface area (Å²) < 4.78 is 10.6. The van der Waals surface area contributed by atoms with Crippen LogP contribution in [0.15, 0.2) is 36.4 Å². The molecule has 1 aromatic rings. The second-order valence-electron chi connectivity index (χ2n) is 5.85. The molecule has 0 radical (unpaired) electrons. The number of rotatable bonds is 3. The van der Waals surface area contributed by atoms with Gasteiger partial charge in [0.25, 0.3) is 0 Å². The van der Waals surface area contributed by atoms with Gasteiger partial charge in [-0.15, -0.1) is 0 Å². The Morgan fingerprint density at radius 1 is 1.14 bits per heavy atom. The van der Waals surface area contributed by atoms with Gasteiger partial charge >= 0.3 is 0 Å². The van der Waals surface area contributed by atoms with Crippen molar-refractivity contribution in [3.63, 3.8) is 0 Å². The number of carbonyl (C=O) groups excluding carboxylic acids is 1. The molecule has 1 fully saturated rings. The molecule has 1 saturated heterocycles. The van der Waals surface area contributed by atoms with Gasteiger partial charge in [-0.1, -0.05) is 24.3 Å². The van der Waals surface area contributed by atoms with Gasteiger partial charge in [0.1, 0.15) is 0 Å². The van der Waals surface area contributed by atoms with Crippen LogP contribution in [-0.4, -0.2) is 29.7 Å². The fraction of sp³-hybridized carbons (Fsp3) is 0.389. The molecule has 0 spiro atoms. The summed E-state index contributed by atoms with van der Waals surface area (Å²) in [5.74, 6) is 1.63. The van der Waals surface area contributed by atoms with E-state index in [0.717, 1.165) is 29.9 Å². The number of amides is 1. The first-order valence-corrected chi connectivity index (χ1v) is 7.72. The van der Waals surface area contributed by atoms with Crippen LogP contribution >= 0.6 is 0 Å². The van der Waals surface area contributed by atoms with Gasteiger partial charge in [-0.2, -0.15) is 0 Å². The molecule has 116 valence electrons. The third kappa shape index (κ3) is 3.01. The summed E-state index contributed by atoms with van der Waals surface area (Å²) in [5, 5.41) is 0. The second-order valence-corrected chi connectivity index (χ2v) is 5.85. The molecule has 0 aromatic heterocycles. The Morgan fingerprint density at radius 2 is 1.86 bits per heavy atom. The van der Waals surface area contributed by atoms with Crippen LogP contribution in [0.25, 0.3) is 6.08 Å². The van der Waals surface area contributed by atoms with Crippen molar-refractivity contribution in [3.05, 3.63) is 42.0 Å². The van der Waals surface area contributed by atoms with Gasteiger partial charge in [-0.3, -0.25) is 4.79 Å². The van der Waals surface area contributed by atoms with Crippen LogP contribution in [0.3, 0.4) is 0 Å². The monoisotopic (exact) mass is 299 g/mol. The average molecular weight is 299 g/mol. The van der Waals surface area contributed by atoms with Crippen molar-refractivity contribution in [2.75, 3.05) is 6.79 Å². The topological polar surface area (TPSA) is 38.8 Å². The fourth-order valence-electron chi connectivity index (χ4n) is 3.04. The number of fused-ring (bicyclic) bond motifs is 1. The van der Waals surface area contributed by atoms with Gasteiger partial charge in [0.2, 0.25) is 12.7 Å². The zero-order chi connectivity index (χ0) is 15.5. The summed E-state index contributed by atoms with van der Waals surface area (Å²) in [6.07, 6.45) is 9.44. The summed E-state index contributed by atoms with van der Waals surface area (Å²) in [6, 6.07) is 6.46. The predicted octanol–water partition coefficient (Wildman–Crippen LogP) is 3.38.